The Labute approximate surface area is 164 Å². The van der Waals surface area contributed by atoms with Crippen LogP contribution in [0.5, 0.6) is 11.5 Å². The van der Waals surface area contributed by atoms with Gasteiger partial charge < -0.3 is 14.4 Å². The molecule has 0 saturated carbocycles. The van der Waals surface area contributed by atoms with Gasteiger partial charge in [0.05, 0.1) is 19.8 Å². The molecule has 2 aliphatic rings. The molecule has 1 amide bonds. The third kappa shape index (κ3) is 3.11. The predicted octanol–water partition coefficient (Wildman–Crippen LogP) is 3.22. The lowest BCUT2D eigenvalue weighted by Crippen LogP contribution is -2.33. The van der Waals surface area contributed by atoms with Gasteiger partial charge in [-0.3, -0.25) is 9.69 Å². The van der Waals surface area contributed by atoms with Gasteiger partial charge in [-0.25, -0.2) is 4.39 Å². The lowest BCUT2D eigenvalue weighted by Gasteiger charge is -2.27. The van der Waals surface area contributed by atoms with Crippen molar-refractivity contribution in [2.24, 2.45) is 11.8 Å². The number of hydrogen-bond donors (Lipinski definition) is 0. The van der Waals surface area contributed by atoms with E-state index < -0.39 is 5.82 Å². The van der Waals surface area contributed by atoms with Crippen LogP contribution in [0.15, 0.2) is 42.5 Å². The standard InChI is InChI=1S/C22H25FN2O3/c1-24-11-15-12-25(22(26)17-5-4-6-19(23)21(17)28-3)13-18(15)20(24)14-7-9-16(27-2)10-8-14/h4-10,15,18,20H,11-13H2,1-3H3/t15-,18+,20-/m0/s1. The Morgan fingerprint density at radius 1 is 1.04 bits per heavy atom. The van der Waals surface area contributed by atoms with Gasteiger partial charge in [0.25, 0.3) is 5.91 Å². The van der Waals surface area contributed by atoms with E-state index in [9.17, 15) is 9.18 Å². The maximum absolute atomic E-state index is 14.0. The molecule has 148 valence electrons. The molecule has 2 aromatic rings. The Hall–Kier alpha value is -2.60. The molecular weight excluding hydrogens is 359 g/mol. The molecule has 4 rings (SSSR count). The SMILES string of the molecule is COc1ccc([C@H]2[C@@H]3CN(C(=O)c4cccc(F)c4OC)C[C@@H]3CN2C)cc1. The van der Waals surface area contributed by atoms with Gasteiger partial charge in [0.15, 0.2) is 11.6 Å². The number of carbonyl (C=O) groups is 1. The molecule has 5 nitrogen and oxygen atoms in total. The summed E-state index contributed by atoms with van der Waals surface area (Å²) in [7, 11) is 5.19. The van der Waals surface area contributed by atoms with Crippen LogP contribution in [-0.4, -0.2) is 56.6 Å². The topological polar surface area (TPSA) is 42.0 Å². The highest BCUT2D eigenvalue weighted by atomic mass is 19.1. The van der Waals surface area contributed by atoms with Crippen molar-refractivity contribution < 1.29 is 18.7 Å². The van der Waals surface area contributed by atoms with Crippen molar-refractivity contribution in [3.05, 3.63) is 59.4 Å². The molecule has 2 aromatic carbocycles. The number of para-hydroxylation sites is 1. The molecule has 0 spiro atoms. The highest BCUT2D eigenvalue weighted by Crippen LogP contribution is 2.44. The molecule has 0 N–H and O–H groups in total. The molecule has 2 heterocycles. The highest BCUT2D eigenvalue weighted by molar-refractivity contribution is 5.97. The summed E-state index contributed by atoms with van der Waals surface area (Å²) in [6.45, 7) is 2.27. The Morgan fingerprint density at radius 3 is 2.46 bits per heavy atom. The van der Waals surface area contributed by atoms with Crippen LogP contribution in [0, 0.1) is 17.7 Å². The van der Waals surface area contributed by atoms with Gasteiger partial charge >= 0.3 is 0 Å². The van der Waals surface area contributed by atoms with Crippen LogP contribution in [-0.2, 0) is 0 Å². The number of ether oxygens (including phenoxy) is 2. The first-order valence-corrected chi connectivity index (χ1v) is 9.49. The molecule has 0 bridgehead atoms. The van der Waals surface area contributed by atoms with E-state index in [1.807, 2.05) is 17.0 Å². The summed E-state index contributed by atoms with van der Waals surface area (Å²) in [5.41, 5.74) is 1.52. The zero-order valence-corrected chi connectivity index (χ0v) is 16.4. The van der Waals surface area contributed by atoms with Crippen molar-refractivity contribution in [2.45, 2.75) is 6.04 Å². The monoisotopic (exact) mass is 384 g/mol. The second kappa shape index (κ2) is 7.43. The van der Waals surface area contributed by atoms with Gasteiger partial charge in [0, 0.05) is 31.6 Å². The number of nitrogens with zero attached hydrogens (tertiary/aromatic N) is 2. The summed E-state index contributed by atoms with van der Waals surface area (Å²) in [6.07, 6.45) is 0. The number of hydrogen-bond acceptors (Lipinski definition) is 4. The van der Waals surface area contributed by atoms with Crippen molar-refractivity contribution in [2.75, 3.05) is 40.9 Å². The molecule has 0 aliphatic carbocycles. The Balaban J connectivity index is 1.56. The summed E-state index contributed by atoms with van der Waals surface area (Å²) in [5.74, 6) is 0.934. The molecule has 2 fully saturated rings. The van der Waals surface area contributed by atoms with Crippen LogP contribution in [0.3, 0.4) is 0 Å². The van der Waals surface area contributed by atoms with Crippen molar-refractivity contribution >= 4 is 5.91 Å². The molecule has 28 heavy (non-hydrogen) atoms. The minimum atomic E-state index is -0.511. The molecule has 6 heteroatoms. The smallest absolute Gasteiger partial charge is 0.257 e. The molecule has 2 saturated heterocycles. The number of fused-ring (bicyclic) bond motifs is 1. The second-order valence-electron chi connectivity index (χ2n) is 7.61. The predicted molar refractivity (Wildman–Crippen MR) is 104 cm³/mol. The van der Waals surface area contributed by atoms with Crippen LogP contribution in [0.4, 0.5) is 4.39 Å². The number of rotatable bonds is 4. The van der Waals surface area contributed by atoms with E-state index >= 15 is 0 Å². The second-order valence-corrected chi connectivity index (χ2v) is 7.61. The fraction of sp³-hybridized carbons (Fsp3) is 0.409. The first kappa shape index (κ1) is 18.7. The van der Waals surface area contributed by atoms with E-state index in [2.05, 4.69) is 24.1 Å². The average molecular weight is 384 g/mol. The molecule has 3 atom stereocenters. The summed E-state index contributed by atoms with van der Waals surface area (Å²) in [5, 5.41) is 0. The van der Waals surface area contributed by atoms with Gasteiger partial charge in [-0.2, -0.15) is 0 Å². The van der Waals surface area contributed by atoms with Gasteiger partial charge in [-0.1, -0.05) is 18.2 Å². The Bertz CT molecular complexity index is 871. The number of carbonyl (C=O) groups excluding carboxylic acids is 1. The normalized spacial score (nSPS) is 24.3. The van der Waals surface area contributed by atoms with Crippen LogP contribution in [0.25, 0.3) is 0 Å². The Morgan fingerprint density at radius 2 is 1.79 bits per heavy atom. The Kier molecular flexibility index (Phi) is 4.98. The lowest BCUT2D eigenvalue weighted by atomic mass is 9.89. The molecule has 0 unspecified atom stereocenters. The average Bonchev–Trinajstić information content (AvgIpc) is 3.24. The van der Waals surface area contributed by atoms with E-state index in [0.29, 0.717) is 24.9 Å². The summed E-state index contributed by atoms with van der Waals surface area (Å²) in [6, 6.07) is 12.9. The van der Waals surface area contributed by atoms with Gasteiger partial charge in [-0.05, 0) is 42.8 Å². The molecular formula is C22H25FN2O3. The first-order valence-electron chi connectivity index (χ1n) is 9.49. The fourth-order valence-corrected chi connectivity index (χ4v) is 4.78. The van der Waals surface area contributed by atoms with Crippen molar-refractivity contribution in [1.82, 2.24) is 9.80 Å². The zero-order valence-electron chi connectivity index (χ0n) is 16.4. The van der Waals surface area contributed by atoms with Gasteiger partial charge in [0.2, 0.25) is 0 Å². The largest absolute Gasteiger partial charge is 0.497 e. The third-order valence-electron chi connectivity index (χ3n) is 6.04. The van der Waals surface area contributed by atoms with Crippen LogP contribution >= 0.6 is 0 Å². The maximum Gasteiger partial charge on any atom is 0.257 e. The van der Waals surface area contributed by atoms with Gasteiger partial charge in [0.1, 0.15) is 5.75 Å². The fourth-order valence-electron chi connectivity index (χ4n) is 4.78. The molecule has 0 radical (unpaired) electrons. The van der Waals surface area contributed by atoms with E-state index in [1.54, 1.807) is 19.2 Å². The first-order chi connectivity index (χ1) is 13.5. The maximum atomic E-state index is 14.0. The van der Waals surface area contributed by atoms with E-state index in [4.69, 9.17) is 9.47 Å². The van der Waals surface area contributed by atoms with E-state index in [0.717, 1.165) is 12.3 Å². The van der Waals surface area contributed by atoms with Crippen molar-refractivity contribution in [1.29, 1.82) is 0 Å². The minimum absolute atomic E-state index is 0.0216. The number of methoxy groups -OCH3 is 2. The van der Waals surface area contributed by atoms with Gasteiger partial charge in [-0.15, -0.1) is 0 Å². The van der Waals surface area contributed by atoms with Crippen molar-refractivity contribution in [3.8, 4) is 11.5 Å². The summed E-state index contributed by atoms with van der Waals surface area (Å²) < 4.78 is 24.4. The van der Waals surface area contributed by atoms with Crippen LogP contribution < -0.4 is 9.47 Å². The molecule has 2 aliphatic heterocycles. The van der Waals surface area contributed by atoms with Crippen molar-refractivity contribution in [3.63, 3.8) is 0 Å². The van der Waals surface area contributed by atoms with E-state index in [1.165, 1.54) is 18.7 Å². The summed E-state index contributed by atoms with van der Waals surface area (Å²) in [4.78, 5) is 17.3. The zero-order chi connectivity index (χ0) is 19.8. The number of halogens is 1. The highest BCUT2D eigenvalue weighted by Gasteiger charge is 2.47. The number of amides is 1. The van der Waals surface area contributed by atoms with Crippen LogP contribution in [0.2, 0.25) is 0 Å². The third-order valence-corrected chi connectivity index (χ3v) is 6.04. The van der Waals surface area contributed by atoms with Crippen LogP contribution in [0.1, 0.15) is 22.0 Å². The lowest BCUT2D eigenvalue weighted by molar-refractivity contribution is 0.0763. The quantitative estimate of drug-likeness (QED) is 0.812. The molecule has 0 aromatic heterocycles. The number of benzene rings is 2. The minimum Gasteiger partial charge on any atom is -0.497 e. The number of likely N-dealkylation sites (tertiary alicyclic amines) is 2. The summed E-state index contributed by atoms with van der Waals surface area (Å²) >= 11 is 0. The van der Waals surface area contributed by atoms with E-state index in [-0.39, 0.29) is 23.3 Å².